The van der Waals surface area contributed by atoms with Crippen molar-refractivity contribution in [3.05, 3.63) is 5.82 Å². The second kappa shape index (κ2) is 5.17. The van der Waals surface area contributed by atoms with E-state index in [1.54, 1.807) is 6.92 Å². The zero-order valence-electron chi connectivity index (χ0n) is 10.6. The predicted molar refractivity (Wildman–Crippen MR) is 66.2 cm³/mol. The lowest BCUT2D eigenvalue weighted by Gasteiger charge is -2.10. The van der Waals surface area contributed by atoms with E-state index in [-0.39, 0.29) is 31.3 Å². The van der Waals surface area contributed by atoms with Crippen LogP contribution in [-0.4, -0.2) is 53.9 Å². The first kappa shape index (κ1) is 14.4. The number of sulfonamides is 1. The average Bonchev–Trinajstić information content (AvgIpc) is 2.94. The van der Waals surface area contributed by atoms with Crippen molar-refractivity contribution in [3.63, 3.8) is 0 Å². The molecular weight excluding hydrogens is 290 g/mol. The smallest absolute Gasteiger partial charge is 0.375 e. The molecule has 0 saturated carbocycles. The molecule has 2 heterocycles. The standard InChI is InChI=1S/C9H13N5O5S/c1-2-19-8(16)7-11-9(13-12-7)14-4-5(3-6(14)15)20(10,17)18/h5H,2-4H2,1H3,(H2,10,17,18)(H,11,12,13). The summed E-state index contributed by atoms with van der Waals surface area (Å²) in [5, 5.41) is 10.0. The summed E-state index contributed by atoms with van der Waals surface area (Å²) in [5.74, 6) is -1.42. The third kappa shape index (κ3) is 2.77. The number of hydrogen-bond donors (Lipinski definition) is 2. The van der Waals surface area contributed by atoms with Gasteiger partial charge >= 0.3 is 5.97 Å². The van der Waals surface area contributed by atoms with Gasteiger partial charge in [0.05, 0.1) is 6.61 Å². The van der Waals surface area contributed by atoms with Gasteiger partial charge in [0.25, 0.3) is 5.95 Å². The van der Waals surface area contributed by atoms with Crippen LogP contribution in [0.15, 0.2) is 0 Å². The monoisotopic (exact) mass is 303 g/mol. The fourth-order valence-corrected chi connectivity index (χ4v) is 2.48. The normalized spacial score (nSPS) is 19.4. The number of carbonyl (C=O) groups is 2. The molecule has 0 radical (unpaired) electrons. The van der Waals surface area contributed by atoms with Crippen LogP contribution < -0.4 is 10.0 Å². The van der Waals surface area contributed by atoms with E-state index in [0.717, 1.165) is 4.90 Å². The first-order chi connectivity index (χ1) is 9.32. The van der Waals surface area contributed by atoms with Crippen LogP contribution >= 0.6 is 0 Å². The molecule has 1 aromatic rings. The molecule has 0 aromatic carbocycles. The Morgan fingerprint density at radius 2 is 2.30 bits per heavy atom. The minimum Gasteiger partial charge on any atom is -0.460 e. The third-order valence-corrected chi connectivity index (χ3v) is 3.98. The highest BCUT2D eigenvalue weighted by atomic mass is 32.2. The lowest BCUT2D eigenvalue weighted by Crippen LogP contribution is -2.32. The topological polar surface area (TPSA) is 148 Å². The highest BCUT2D eigenvalue weighted by Crippen LogP contribution is 2.21. The van der Waals surface area contributed by atoms with Crippen LogP contribution in [0.5, 0.6) is 0 Å². The van der Waals surface area contributed by atoms with Gasteiger partial charge in [-0.3, -0.25) is 14.8 Å². The highest BCUT2D eigenvalue weighted by Gasteiger charge is 2.39. The van der Waals surface area contributed by atoms with Gasteiger partial charge in [0.2, 0.25) is 21.8 Å². The van der Waals surface area contributed by atoms with Gasteiger partial charge in [0, 0.05) is 13.0 Å². The second-order valence-electron chi connectivity index (χ2n) is 4.12. The van der Waals surface area contributed by atoms with E-state index in [1.807, 2.05) is 0 Å². The Bertz CT molecular complexity index is 639. The summed E-state index contributed by atoms with van der Waals surface area (Å²) in [4.78, 5) is 28.0. The van der Waals surface area contributed by atoms with Crippen LogP contribution in [0, 0.1) is 0 Å². The molecule has 1 unspecified atom stereocenters. The molecule has 0 bridgehead atoms. The van der Waals surface area contributed by atoms with Gasteiger partial charge in [-0.05, 0) is 6.92 Å². The molecule has 1 saturated heterocycles. The molecule has 1 aromatic heterocycles. The summed E-state index contributed by atoms with van der Waals surface area (Å²) in [6, 6.07) is 0. The number of rotatable bonds is 4. The molecule has 3 N–H and O–H groups in total. The van der Waals surface area contributed by atoms with Gasteiger partial charge in [-0.15, -0.1) is 5.10 Å². The number of nitrogens with one attached hydrogen (secondary N) is 1. The lowest BCUT2D eigenvalue weighted by molar-refractivity contribution is -0.117. The van der Waals surface area contributed by atoms with Crippen molar-refractivity contribution in [1.29, 1.82) is 0 Å². The fraction of sp³-hybridized carbons (Fsp3) is 0.556. The summed E-state index contributed by atoms with van der Waals surface area (Å²) in [6.45, 7) is 1.67. The van der Waals surface area contributed by atoms with Crippen molar-refractivity contribution in [2.45, 2.75) is 18.6 Å². The third-order valence-electron chi connectivity index (χ3n) is 2.74. The number of anilines is 1. The molecule has 1 amide bonds. The summed E-state index contributed by atoms with van der Waals surface area (Å²) in [7, 11) is -3.81. The minimum absolute atomic E-state index is 0.0794. The number of esters is 1. The maximum Gasteiger partial charge on any atom is 0.375 e. The number of amides is 1. The molecule has 0 spiro atoms. The number of hydrogen-bond acceptors (Lipinski definition) is 7. The van der Waals surface area contributed by atoms with Gasteiger partial charge < -0.3 is 4.74 Å². The summed E-state index contributed by atoms with van der Waals surface area (Å²) in [6.07, 6.45) is -0.234. The number of nitrogens with zero attached hydrogens (tertiary/aromatic N) is 3. The lowest BCUT2D eigenvalue weighted by atomic mass is 10.4. The number of carbonyl (C=O) groups excluding carboxylic acids is 2. The van der Waals surface area contributed by atoms with Gasteiger partial charge in [-0.25, -0.2) is 18.4 Å². The van der Waals surface area contributed by atoms with E-state index in [9.17, 15) is 18.0 Å². The van der Waals surface area contributed by atoms with E-state index in [4.69, 9.17) is 9.88 Å². The number of nitrogens with two attached hydrogens (primary N) is 1. The molecule has 10 nitrogen and oxygen atoms in total. The average molecular weight is 303 g/mol. The first-order valence-electron chi connectivity index (χ1n) is 5.74. The maximum absolute atomic E-state index is 11.7. The highest BCUT2D eigenvalue weighted by molar-refractivity contribution is 7.89. The van der Waals surface area contributed by atoms with Crippen LogP contribution in [0.4, 0.5) is 5.95 Å². The Labute approximate surface area is 114 Å². The Kier molecular flexibility index (Phi) is 3.72. The van der Waals surface area contributed by atoms with Crippen molar-refractivity contribution in [2.24, 2.45) is 5.14 Å². The van der Waals surface area contributed by atoms with Crippen LogP contribution in [0.3, 0.4) is 0 Å². The minimum atomic E-state index is -3.81. The molecule has 20 heavy (non-hydrogen) atoms. The second-order valence-corrected chi connectivity index (χ2v) is 5.97. The molecule has 110 valence electrons. The van der Waals surface area contributed by atoms with E-state index < -0.39 is 27.1 Å². The zero-order valence-corrected chi connectivity index (χ0v) is 11.4. The molecule has 11 heteroatoms. The van der Waals surface area contributed by atoms with Gasteiger partial charge in [0.1, 0.15) is 5.25 Å². The summed E-state index contributed by atoms with van der Waals surface area (Å²) < 4.78 is 27.2. The number of primary sulfonamides is 1. The van der Waals surface area contributed by atoms with Gasteiger partial charge in [-0.2, -0.15) is 4.98 Å². The van der Waals surface area contributed by atoms with Crippen molar-refractivity contribution < 1.29 is 22.7 Å². The zero-order chi connectivity index (χ0) is 14.9. The first-order valence-corrected chi connectivity index (χ1v) is 7.35. The Balaban J connectivity index is 2.17. The number of H-pyrrole nitrogens is 1. The Morgan fingerprint density at radius 1 is 1.60 bits per heavy atom. The van der Waals surface area contributed by atoms with Crippen LogP contribution in [0.2, 0.25) is 0 Å². The molecule has 1 atom stereocenters. The number of ether oxygens (including phenoxy) is 1. The Hall–Kier alpha value is -2.01. The molecule has 0 aliphatic carbocycles. The van der Waals surface area contributed by atoms with Crippen LogP contribution in [0.1, 0.15) is 24.0 Å². The van der Waals surface area contributed by atoms with Crippen molar-refractivity contribution in [1.82, 2.24) is 15.2 Å². The Morgan fingerprint density at radius 3 is 2.85 bits per heavy atom. The van der Waals surface area contributed by atoms with Gasteiger partial charge in [0.15, 0.2) is 0 Å². The number of aromatic nitrogens is 3. The van der Waals surface area contributed by atoms with Crippen molar-refractivity contribution in [2.75, 3.05) is 18.1 Å². The van der Waals surface area contributed by atoms with E-state index in [0.29, 0.717) is 0 Å². The van der Waals surface area contributed by atoms with E-state index >= 15 is 0 Å². The van der Waals surface area contributed by atoms with E-state index in [2.05, 4.69) is 15.2 Å². The molecule has 1 fully saturated rings. The SMILES string of the molecule is CCOC(=O)c1nc(N2CC(S(N)(=O)=O)CC2=O)n[nH]1. The quantitative estimate of drug-likeness (QED) is 0.634. The maximum atomic E-state index is 11.7. The van der Waals surface area contributed by atoms with Crippen LogP contribution in [-0.2, 0) is 19.6 Å². The largest absolute Gasteiger partial charge is 0.460 e. The molecule has 1 aliphatic rings. The molecule has 2 rings (SSSR count). The summed E-state index contributed by atoms with van der Waals surface area (Å²) >= 11 is 0. The fourth-order valence-electron chi connectivity index (χ4n) is 1.75. The van der Waals surface area contributed by atoms with Gasteiger partial charge in [-0.1, -0.05) is 0 Å². The number of aromatic amines is 1. The molecular formula is C9H13N5O5S. The summed E-state index contributed by atoms with van der Waals surface area (Å²) in [5.41, 5.74) is 0. The van der Waals surface area contributed by atoms with Crippen molar-refractivity contribution >= 4 is 27.8 Å². The van der Waals surface area contributed by atoms with E-state index in [1.165, 1.54) is 0 Å². The van der Waals surface area contributed by atoms with Crippen LogP contribution in [0.25, 0.3) is 0 Å². The predicted octanol–water partition coefficient (Wildman–Crippen LogP) is -1.62. The van der Waals surface area contributed by atoms with Crippen molar-refractivity contribution in [3.8, 4) is 0 Å². The molecule has 1 aliphatic heterocycles.